The molecule has 1 unspecified atom stereocenters. The lowest BCUT2D eigenvalue weighted by atomic mass is 9.91. The van der Waals surface area contributed by atoms with E-state index in [-0.39, 0.29) is 17.2 Å². The van der Waals surface area contributed by atoms with Gasteiger partial charge in [-0.05, 0) is 43.2 Å². The number of nitrogens with one attached hydrogen (secondary N) is 1. The number of amides is 2. The number of hydrogen-bond acceptors (Lipinski definition) is 3. The largest absolute Gasteiger partial charge is 0.384 e. The van der Waals surface area contributed by atoms with E-state index >= 15 is 0 Å². The molecule has 1 atom stereocenters. The fourth-order valence-corrected chi connectivity index (χ4v) is 3.72. The number of methoxy groups -OCH3 is 1. The van der Waals surface area contributed by atoms with Crippen LogP contribution in [-0.4, -0.2) is 43.5 Å². The minimum absolute atomic E-state index is 0.00606. The Labute approximate surface area is 166 Å². The molecule has 2 aromatic rings. The fraction of sp³-hybridized carbons (Fsp3) is 0.391. The number of carbonyl (C=O) groups excluding carboxylic acids is 2. The maximum atomic E-state index is 12.7. The molecule has 5 heteroatoms. The first kappa shape index (κ1) is 20.1. The van der Waals surface area contributed by atoms with Gasteiger partial charge in [0.2, 0.25) is 0 Å². The molecule has 3 rings (SSSR count). The van der Waals surface area contributed by atoms with Crippen LogP contribution >= 0.6 is 0 Å². The molecular formula is C23H28N2O3. The van der Waals surface area contributed by atoms with Gasteiger partial charge in [-0.2, -0.15) is 0 Å². The van der Waals surface area contributed by atoms with E-state index in [0.717, 1.165) is 24.1 Å². The number of benzene rings is 2. The summed E-state index contributed by atoms with van der Waals surface area (Å²) in [7, 11) is 1.69. The summed E-state index contributed by atoms with van der Waals surface area (Å²) in [6.45, 7) is 6.73. The Hall–Kier alpha value is -2.66. The summed E-state index contributed by atoms with van der Waals surface area (Å²) in [5.74, 6) is -0.138. The van der Waals surface area contributed by atoms with Gasteiger partial charge in [0.05, 0.1) is 6.61 Å². The van der Waals surface area contributed by atoms with E-state index in [2.05, 4.69) is 18.3 Å². The number of rotatable bonds is 6. The Morgan fingerprint density at radius 2 is 1.86 bits per heavy atom. The predicted octanol–water partition coefficient (Wildman–Crippen LogP) is 3.42. The number of carbonyl (C=O) groups is 2. The van der Waals surface area contributed by atoms with E-state index in [4.69, 9.17) is 4.74 Å². The SMILES string of the molecule is COCC1(C)CCN(C(=O)c2ccc(C(=O)NCc3cccc(C)c3)cc2)C1. The van der Waals surface area contributed by atoms with Crippen molar-refractivity contribution >= 4 is 11.8 Å². The maximum absolute atomic E-state index is 12.7. The van der Waals surface area contributed by atoms with Crippen LogP contribution in [-0.2, 0) is 11.3 Å². The number of nitrogens with zero attached hydrogens (tertiary/aromatic N) is 1. The molecule has 1 heterocycles. The third-order valence-corrected chi connectivity index (χ3v) is 5.27. The van der Waals surface area contributed by atoms with Crippen molar-refractivity contribution in [3.8, 4) is 0 Å². The molecule has 0 saturated carbocycles. The highest BCUT2D eigenvalue weighted by Crippen LogP contribution is 2.30. The molecule has 1 aliphatic heterocycles. The van der Waals surface area contributed by atoms with E-state index in [1.54, 1.807) is 31.4 Å². The van der Waals surface area contributed by atoms with Gasteiger partial charge < -0.3 is 15.0 Å². The molecule has 2 amide bonds. The first-order valence-corrected chi connectivity index (χ1v) is 9.62. The molecule has 2 aromatic carbocycles. The second-order valence-corrected chi connectivity index (χ2v) is 7.97. The highest BCUT2D eigenvalue weighted by atomic mass is 16.5. The highest BCUT2D eigenvalue weighted by Gasteiger charge is 2.36. The summed E-state index contributed by atoms with van der Waals surface area (Å²) in [5, 5.41) is 2.92. The quantitative estimate of drug-likeness (QED) is 0.835. The average Bonchev–Trinajstić information content (AvgIpc) is 3.08. The summed E-state index contributed by atoms with van der Waals surface area (Å²) >= 11 is 0. The lowest BCUT2D eigenvalue weighted by Gasteiger charge is -2.23. The van der Waals surface area contributed by atoms with Crippen LogP contribution in [0.1, 0.15) is 45.2 Å². The molecule has 1 N–H and O–H groups in total. The normalized spacial score (nSPS) is 18.9. The Balaban J connectivity index is 1.58. The van der Waals surface area contributed by atoms with E-state index in [0.29, 0.717) is 30.8 Å². The third kappa shape index (κ3) is 4.78. The maximum Gasteiger partial charge on any atom is 0.253 e. The van der Waals surface area contributed by atoms with Gasteiger partial charge in [-0.3, -0.25) is 9.59 Å². The van der Waals surface area contributed by atoms with Crippen LogP contribution in [0.2, 0.25) is 0 Å². The minimum Gasteiger partial charge on any atom is -0.384 e. The molecule has 0 radical (unpaired) electrons. The van der Waals surface area contributed by atoms with Crippen LogP contribution in [0.3, 0.4) is 0 Å². The average molecular weight is 380 g/mol. The fourth-order valence-electron chi connectivity index (χ4n) is 3.72. The van der Waals surface area contributed by atoms with Crippen molar-refractivity contribution in [2.24, 2.45) is 5.41 Å². The van der Waals surface area contributed by atoms with Crippen molar-refractivity contribution < 1.29 is 14.3 Å². The van der Waals surface area contributed by atoms with Gasteiger partial charge in [-0.25, -0.2) is 0 Å². The molecule has 5 nitrogen and oxygen atoms in total. The van der Waals surface area contributed by atoms with Crippen LogP contribution in [0.15, 0.2) is 48.5 Å². The van der Waals surface area contributed by atoms with Crippen LogP contribution in [0.5, 0.6) is 0 Å². The van der Waals surface area contributed by atoms with E-state index in [9.17, 15) is 9.59 Å². The lowest BCUT2D eigenvalue weighted by Crippen LogP contribution is -2.32. The standard InChI is InChI=1S/C23H28N2O3/c1-17-5-4-6-18(13-17)14-24-21(26)19-7-9-20(10-8-19)22(27)25-12-11-23(2,15-25)16-28-3/h4-10,13H,11-12,14-16H2,1-3H3,(H,24,26). The van der Waals surface area contributed by atoms with Crippen LogP contribution in [0.25, 0.3) is 0 Å². The molecule has 1 aliphatic rings. The zero-order valence-corrected chi connectivity index (χ0v) is 16.8. The van der Waals surface area contributed by atoms with Crippen LogP contribution in [0.4, 0.5) is 0 Å². The van der Waals surface area contributed by atoms with Crippen molar-refractivity contribution in [1.82, 2.24) is 10.2 Å². The third-order valence-electron chi connectivity index (χ3n) is 5.27. The van der Waals surface area contributed by atoms with Gasteiger partial charge in [-0.15, -0.1) is 0 Å². The second kappa shape index (κ2) is 8.57. The Bertz CT molecular complexity index is 847. The smallest absolute Gasteiger partial charge is 0.253 e. The minimum atomic E-state index is -0.144. The second-order valence-electron chi connectivity index (χ2n) is 7.97. The highest BCUT2D eigenvalue weighted by molar-refractivity contribution is 5.97. The summed E-state index contributed by atoms with van der Waals surface area (Å²) in [6.07, 6.45) is 0.937. The Morgan fingerprint density at radius 3 is 2.54 bits per heavy atom. The Morgan fingerprint density at radius 1 is 1.14 bits per heavy atom. The van der Waals surface area contributed by atoms with E-state index < -0.39 is 0 Å². The molecule has 0 spiro atoms. The van der Waals surface area contributed by atoms with Crippen molar-refractivity contribution in [2.75, 3.05) is 26.8 Å². The predicted molar refractivity (Wildman–Crippen MR) is 109 cm³/mol. The first-order chi connectivity index (χ1) is 13.4. The number of aryl methyl sites for hydroxylation is 1. The summed E-state index contributed by atoms with van der Waals surface area (Å²) in [4.78, 5) is 27.0. The monoisotopic (exact) mass is 380 g/mol. The van der Waals surface area contributed by atoms with Crippen LogP contribution in [0, 0.1) is 12.3 Å². The lowest BCUT2D eigenvalue weighted by molar-refractivity contribution is 0.0709. The van der Waals surface area contributed by atoms with Gasteiger partial charge in [0.15, 0.2) is 0 Å². The molecule has 0 bridgehead atoms. The van der Waals surface area contributed by atoms with Crippen molar-refractivity contribution in [2.45, 2.75) is 26.8 Å². The number of ether oxygens (including phenoxy) is 1. The molecule has 1 fully saturated rings. The first-order valence-electron chi connectivity index (χ1n) is 9.62. The zero-order valence-electron chi connectivity index (χ0n) is 16.8. The van der Waals surface area contributed by atoms with Crippen molar-refractivity contribution in [3.05, 3.63) is 70.8 Å². The number of likely N-dealkylation sites (tertiary alicyclic amines) is 1. The van der Waals surface area contributed by atoms with Crippen molar-refractivity contribution in [1.29, 1.82) is 0 Å². The molecule has 0 aliphatic carbocycles. The number of hydrogen-bond donors (Lipinski definition) is 1. The van der Waals surface area contributed by atoms with E-state index in [1.165, 1.54) is 0 Å². The topological polar surface area (TPSA) is 58.6 Å². The van der Waals surface area contributed by atoms with E-state index in [1.807, 2.05) is 30.0 Å². The summed E-state index contributed by atoms with van der Waals surface area (Å²) in [5.41, 5.74) is 3.40. The van der Waals surface area contributed by atoms with Gasteiger partial charge in [0.25, 0.3) is 11.8 Å². The molecule has 148 valence electrons. The molecule has 0 aromatic heterocycles. The van der Waals surface area contributed by atoms with Crippen LogP contribution < -0.4 is 5.32 Å². The summed E-state index contributed by atoms with van der Waals surface area (Å²) < 4.78 is 5.28. The zero-order chi connectivity index (χ0) is 20.1. The Kier molecular flexibility index (Phi) is 6.15. The van der Waals surface area contributed by atoms with Gasteiger partial charge >= 0.3 is 0 Å². The molecule has 1 saturated heterocycles. The van der Waals surface area contributed by atoms with Crippen molar-refractivity contribution in [3.63, 3.8) is 0 Å². The van der Waals surface area contributed by atoms with Gasteiger partial charge in [0, 0.05) is 43.3 Å². The van der Waals surface area contributed by atoms with Gasteiger partial charge in [0.1, 0.15) is 0 Å². The molecule has 28 heavy (non-hydrogen) atoms. The molecular weight excluding hydrogens is 352 g/mol. The van der Waals surface area contributed by atoms with Gasteiger partial charge in [-0.1, -0.05) is 36.8 Å². The summed E-state index contributed by atoms with van der Waals surface area (Å²) in [6, 6.07) is 14.9.